The molecule has 106 valence electrons. The summed E-state index contributed by atoms with van der Waals surface area (Å²) in [7, 11) is 0. The van der Waals surface area contributed by atoms with E-state index in [2.05, 4.69) is 30.8 Å². The summed E-state index contributed by atoms with van der Waals surface area (Å²) in [6.07, 6.45) is 3.63. The molecule has 1 aromatic heterocycles. The van der Waals surface area contributed by atoms with Crippen LogP contribution in [0.15, 0.2) is 18.2 Å². The largest absolute Gasteiger partial charge is 0.339 e. The Morgan fingerprint density at radius 2 is 2.30 bits per heavy atom. The average Bonchev–Trinajstić information content (AvgIpc) is 2.78. The van der Waals surface area contributed by atoms with E-state index in [-0.39, 0.29) is 10.6 Å². The summed E-state index contributed by atoms with van der Waals surface area (Å²) >= 11 is 3.47. The fourth-order valence-corrected chi connectivity index (χ4v) is 2.87. The summed E-state index contributed by atoms with van der Waals surface area (Å²) in [4.78, 5) is 20.4. The zero-order valence-electron chi connectivity index (χ0n) is 10.9. The Morgan fingerprint density at radius 3 is 2.90 bits per heavy atom. The maximum absolute atomic E-state index is 10.8. The average molecular weight is 339 g/mol. The Labute approximate surface area is 124 Å². The zero-order chi connectivity index (χ0) is 14.1. The van der Waals surface area contributed by atoms with Crippen LogP contribution in [0.2, 0.25) is 0 Å². The van der Waals surface area contributed by atoms with E-state index in [9.17, 15) is 10.1 Å². The van der Waals surface area contributed by atoms with Crippen LogP contribution in [0.4, 0.5) is 11.6 Å². The molecule has 3 rings (SSSR count). The molecular formula is C13H15BrN4O2. The molecule has 1 aliphatic carbocycles. The molecule has 0 saturated heterocycles. The van der Waals surface area contributed by atoms with Gasteiger partial charge >= 0.3 is 0 Å². The number of hydrogen-bond acceptors (Lipinski definition) is 4. The lowest BCUT2D eigenvalue weighted by Crippen LogP contribution is -2.42. The summed E-state index contributed by atoms with van der Waals surface area (Å²) in [5, 5.41) is 11.7. The van der Waals surface area contributed by atoms with Gasteiger partial charge < -0.3 is 9.88 Å². The van der Waals surface area contributed by atoms with Crippen LogP contribution in [0, 0.1) is 10.1 Å². The number of nitro groups is 1. The lowest BCUT2D eigenvalue weighted by molar-refractivity contribution is -0.384. The summed E-state index contributed by atoms with van der Waals surface area (Å²) in [6.45, 7) is 0.882. The van der Waals surface area contributed by atoms with Crippen molar-refractivity contribution in [1.29, 1.82) is 0 Å². The van der Waals surface area contributed by atoms with Crippen LogP contribution in [-0.4, -0.2) is 32.8 Å². The maximum atomic E-state index is 10.8. The van der Waals surface area contributed by atoms with Gasteiger partial charge in [-0.25, -0.2) is 4.98 Å². The molecule has 1 heterocycles. The number of non-ortho nitro benzene ring substituents is 1. The Bertz CT molecular complexity index is 638. The van der Waals surface area contributed by atoms with Crippen LogP contribution < -0.4 is 4.90 Å². The van der Waals surface area contributed by atoms with Crippen LogP contribution in [0.5, 0.6) is 0 Å². The molecular weight excluding hydrogens is 324 g/mol. The number of nitrogens with zero attached hydrogens (tertiary/aromatic N) is 3. The molecule has 7 heteroatoms. The van der Waals surface area contributed by atoms with Crippen LogP contribution in [0.25, 0.3) is 11.0 Å². The molecule has 0 spiro atoms. The minimum absolute atomic E-state index is 0.0865. The van der Waals surface area contributed by atoms with E-state index in [0.717, 1.165) is 23.3 Å². The molecule has 0 bridgehead atoms. The molecule has 1 N–H and O–H groups in total. The normalized spacial score (nSPS) is 15.2. The second-order valence-electron chi connectivity index (χ2n) is 4.99. The van der Waals surface area contributed by atoms with Crippen LogP contribution in [-0.2, 0) is 0 Å². The monoisotopic (exact) mass is 338 g/mol. The Balaban J connectivity index is 1.95. The van der Waals surface area contributed by atoms with E-state index >= 15 is 0 Å². The quantitative estimate of drug-likeness (QED) is 0.516. The number of imidazole rings is 1. The number of fused-ring (bicyclic) bond motifs is 1. The summed E-state index contributed by atoms with van der Waals surface area (Å²) < 4.78 is 0. The van der Waals surface area contributed by atoms with Gasteiger partial charge in [-0.3, -0.25) is 10.1 Å². The number of aromatic amines is 1. The van der Waals surface area contributed by atoms with Crippen molar-refractivity contribution in [1.82, 2.24) is 9.97 Å². The van der Waals surface area contributed by atoms with Crippen LogP contribution >= 0.6 is 15.9 Å². The highest BCUT2D eigenvalue weighted by Crippen LogP contribution is 2.30. The minimum atomic E-state index is -0.387. The van der Waals surface area contributed by atoms with Gasteiger partial charge in [-0.1, -0.05) is 15.9 Å². The molecule has 0 atom stereocenters. The van der Waals surface area contributed by atoms with Gasteiger partial charge in [0, 0.05) is 30.0 Å². The molecule has 1 fully saturated rings. The number of hydrogen-bond donors (Lipinski definition) is 1. The van der Waals surface area contributed by atoms with Crippen molar-refractivity contribution in [3.63, 3.8) is 0 Å². The Hall–Kier alpha value is -1.63. The topological polar surface area (TPSA) is 75.1 Å². The first-order valence-corrected chi connectivity index (χ1v) is 7.78. The number of aromatic nitrogens is 2. The Morgan fingerprint density at radius 1 is 1.50 bits per heavy atom. The van der Waals surface area contributed by atoms with Crippen molar-refractivity contribution in [2.45, 2.75) is 25.3 Å². The molecule has 2 aromatic rings. The number of nitro benzene ring substituents is 1. The molecule has 6 nitrogen and oxygen atoms in total. The fraction of sp³-hybridized carbons (Fsp3) is 0.462. The summed E-state index contributed by atoms with van der Waals surface area (Å²) in [5.74, 6) is 0.810. The second-order valence-corrected chi connectivity index (χ2v) is 5.78. The molecule has 1 aliphatic rings. The molecule has 1 saturated carbocycles. The van der Waals surface area contributed by atoms with Crippen molar-refractivity contribution in [2.24, 2.45) is 0 Å². The molecule has 0 aliphatic heterocycles. The van der Waals surface area contributed by atoms with Gasteiger partial charge in [-0.15, -0.1) is 0 Å². The summed E-state index contributed by atoms with van der Waals surface area (Å²) in [6, 6.07) is 5.26. The van der Waals surface area contributed by atoms with Crippen LogP contribution in [0.3, 0.4) is 0 Å². The van der Waals surface area contributed by atoms with E-state index in [1.54, 1.807) is 12.1 Å². The number of benzene rings is 1. The first-order chi connectivity index (χ1) is 9.69. The lowest BCUT2D eigenvalue weighted by Gasteiger charge is -2.37. The Kier molecular flexibility index (Phi) is 3.60. The van der Waals surface area contributed by atoms with E-state index in [1.807, 2.05) is 0 Å². The van der Waals surface area contributed by atoms with Crippen molar-refractivity contribution in [3.8, 4) is 0 Å². The van der Waals surface area contributed by atoms with Gasteiger partial charge in [0.25, 0.3) is 5.69 Å². The highest BCUT2D eigenvalue weighted by atomic mass is 79.9. The van der Waals surface area contributed by atoms with E-state index in [1.165, 1.54) is 25.3 Å². The number of H-pyrrole nitrogens is 1. The van der Waals surface area contributed by atoms with Crippen molar-refractivity contribution in [3.05, 3.63) is 28.3 Å². The first-order valence-electron chi connectivity index (χ1n) is 6.66. The van der Waals surface area contributed by atoms with Gasteiger partial charge in [-0.05, 0) is 25.3 Å². The number of alkyl halides is 1. The van der Waals surface area contributed by atoms with E-state index < -0.39 is 0 Å². The maximum Gasteiger partial charge on any atom is 0.271 e. The fourth-order valence-electron chi connectivity index (χ4n) is 2.48. The van der Waals surface area contributed by atoms with E-state index in [0.29, 0.717) is 11.6 Å². The predicted octanol–water partition coefficient (Wildman–Crippen LogP) is 3.22. The zero-order valence-corrected chi connectivity index (χ0v) is 12.5. The number of rotatable bonds is 5. The molecule has 0 unspecified atom stereocenters. The third-order valence-corrected chi connectivity index (χ3v) is 4.13. The minimum Gasteiger partial charge on any atom is -0.339 e. The van der Waals surface area contributed by atoms with Gasteiger partial charge in [0.1, 0.15) is 0 Å². The van der Waals surface area contributed by atoms with Crippen molar-refractivity contribution >= 4 is 38.6 Å². The number of halogens is 1. The smallest absolute Gasteiger partial charge is 0.271 e. The highest BCUT2D eigenvalue weighted by molar-refractivity contribution is 9.09. The van der Waals surface area contributed by atoms with Gasteiger partial charge in [0.15, 0.2) is 0 Å². The van der Waals surface area contributed by atoms with Gasteiger partial charge in [0.2, 0.25) is 5.95 Å². The summed E-state index contributed by atoms with van der Waals surface area (Å²) in [5.41, 5.74) is 1.57. The van der Waals surface area contributed by atoms with Crippen molar-refractivity contribution < 1.29 is 4.92 Å². The standard InChI is InChI=1S/C13H15BrN4O2/c14-6-7-17(9-2-1-3-9)13-15-11-5-4-10(18(19)20)8-12(11)16-13/h4-5,8-9H,1-3,6-7H2,(H,15,16). The second kappa shape index (κ2) is 5.40. The van der Waals surface area contributed by atoms with E-state index in [4.69, 9.17) is 0 Å². The number of anilines is 1. The first kappa shape index (κ1) is 13.4. The SMILES string of the molecule is O=[N+]([O-])c1ccc2nc(N(CCBr)C3CCC3)[nH]c2c1. The lowest BCUT2D eigenvalue weighted by atomic mass is 9.92. The van der Waals surface area contributed by atoms with Crippen LogP contribution in [0.1, 0.15) is 19.3 Å². The molecule has 1 aromatic carbocycles. The highest BCUT2D eigenvalue weighted by Gasteiger charge is 2.26. The van der Waals surface area contributed by atoms with Gasteiger partial charge in [-0.2, -0.15) is 0 Å². The molecule has 0 amide bonds. The van der Waals surface area contributed by atoms with Gasteiger partial charge in [0.05, 0.1) is 16.0 Å². The molecule has 20 heavy (non-hydrogen) atoms. The number of nitrogens with one attached hydrogen (secondary N) is 1. The third kappa shape index (κ3) is 2.37. The predicted molar refractivity (Wildman–Crippen MR) is 81.5 cm³/mol. The molecule has 0 radical (unpaired) electrons. The third-order valence-electron chi connectivity index (χ3n) is 3.78. The van der Waals surface area contributed by atoms with Crippen molar-refractivity contribution in [2.75, 3.05) is 16.8 Å².